The number of allylic oxidation sites excluding steroid dienone is 17. The van der Waals surface area contributed by atoms with Crippen molar-refractivity contribution in [2.45, 2.75) is 74.2 Å². The van der Waals surface area contributed by atoms with Gasteiger partial charge in [-0.3, -0.25) is 0 Å². The van der Waals surface area contributed by atoms with Gasteiger partial charge in [0.1, 0.15) is 0 Å². The maximum Gasteiger partial charge on any atom is 0.0595 e. The molecule has 2 heteroatoms. The van der Waals surface area contributed by atoms with E-state index in [0.29, 0.717) is 17.8 Å². The maximum atomic E-state index is 2.67. The summed E-state index contributed by atoms with van der Waals surface area (Å²) in [6.07, 6.45) is 42.6. The summed E-state index contributed by atoms with van der Waals surface area (Å²) in [4.78, 5) is 5.19. The molecule has 1 heterocycles. The van der Waals surface area contributed by atoms with Crippen molar-refractivity contribution in [1.29, 1.82) is 0 Å². The van der Waals surface area contributed by atoms with E-state index in [1.54, 1.807) is 0 Å². The van der Waals surface area contributed by atoms with E-state index >= 15 is 0 Å². The standard InChI is InChI=1S/C74H62N2/c1-6-23-51(24-7-1)54-45-55(52-25-8-2-9-26-52)48-61(47-54)76-70-40-21-18-37-64(70)72-68-50-73(68,44-43-71(72)76)58-32-22-27-53(46-58)62-35-17-20-39-69(62)75(59-33-14-5-15-34-59)60-41-42-67-65(49-60)63-36-16-19-38-66(63)74(67,56-28-10-3-11-29-56)57-30-12-4-13-31-57/h1,3,5-8,10-12,14-15,17-28,30-35,37-49,56,68,71-72H,2,4,9,13,16,29,36,50H2. The van der Waals surface area contributed by atoms with Crippen molar-refractivity contribution in [3.8, 4) is 22.3 Å². The third-order valence-electron chi connectivity index (χ3n) is 18.4. The van der Waals surface area contributed by atoms with E-state index in [9.17, 15) is 0 Å². The molecule has 0 spiro atoms. The van der Waals surface area contributed by atoms with E-state index in [2.05, 4.69) is 265 Å². The number of benzene rings is 7. The summed E-state index contributed by atoms with van der Waals surface area (Å²) in [6, 6.07) is 65.0. The van der Waals surface area contributed by atoms with E-state index in [1.807, 2.05) is 0 Å². The molecule has 0 radical (unpaired) electrons. The van der Waals surface area contributed by atoms with Gasteiger partial charge in [-0.25, -0.2) is 0 Å². The van der Waals surface area contributed by atoms with Crippen molar-refractivity contribution in [1.82, 2.24) is 0 Å². The topological polar surface area (TPSA) is 6.48 Å². The first kappa shape index (κ1) is 45.2. The number of rotatable bonds is 10. The molecule has 8 aliphatic rings. The molecule has 7 aromatic carbocycles. The second-order valence-corrected chi connectivity index (χ2v) is 22.4. The second kappa shape index (κ2) is 18.3. The fourth-order valence-electron chi connectivity index (χ4n) is 15.0. The van der Waals surface area contributed by atoms with Crippen molar-refractivity contribution in [2.75, 3.05) is 9.80 Å². The van der Waals surface area contributed by atoms with Gasteiger partial charge in [0, 0.05) is 39.6 Å². The number of hydrogen-bond donors (Lipinski definition) is 0. The average Bonchev–Trinajstić information content (AvgIpc) is 4.20. The zero-order valence-corrected chi connectivity index (χ0v) is 43.1. The Hall–Kier alpha value is -8.20. The summed E-state index contributed by atoms with van der Waals surface area (Å²) in [6.45, 7) is 0. The molecule has 1 aliphatic heterocycles. The summed E-state index contributed by atoms with van der Waals surface area (Å²) < 4.78 is 0. The molecule has 1 fully saturated rings. The summed E-state index contributed by atoms with van der Waals surface area (Å²) in [5, 5.41) is 0. The molecule has 6 unspecified atom stereocenters. The molecule has 0 amide bonds. The van der Waals surface area contributed by atoms with E-state index < -0.39 is 0 Å². The average molecular weight is 979 g/mol. The van der Waals surface area contributed by atoms with Gasteiger partial charge < -0.3 is 9.80 Å². The van der Waals surface area contributed by atoms with Crippen LogP contribution in [0.4, 0.5) is 28.4 Å². The number of anilines is 5. The van der Waals surface area contributed by atoms with Crippen LogP contribution in [0.5, 0.6) is 0 Å². The lowest BCUT2D eigenvalue weighted by molar-refractivity contribution is 0.450. The van der Waals surface area contributed by atoms with Crippen molar-refractivity contribution >= 4 is 39.6 Å². The molecule has 0 N–H and O–H groups in total. The Morgan fingerprint density at radius 2 is 1.33 bits per heavy atom. The number of fused-ring (bicyclic) bond motifs is 7. The third-order valence-corrected chi connectivity index (χ3v) is 18.4. The van der Waals surface area contributed by atoms with Crippen LogP contribution in [0.2, 0.25) is 0 Å². The Bertz CT molecular complexity index is 3760. The normalized spacial score (nSPS) is 25.1. The molecule has 7 aliphatic carbocycles. The van der Waals surface area contributed by atoms with E-state index in [1.165, 1.54) is 95.1 Å². The van der Waals surface area contributed by atoms with Gasteiger partial charge in [0.25, 0.3) is 0 Å². The summed E-state index contributed by atoms with van der Waals surface area (Å²) in [5.41, 5.74) is 23.8. The first-order valence-electron chi connectivity index (χ1n) is 28.1. The number of nitrogens with zero attached hydrogens (tertiary/aromatic N) is 2. The van der Waals surface area contributed by atoms with Crippen molar-refractivity contribution in [3.05, 3.63) is 294 Å². The SMILES string of the molecule is C1=CCC(C2(C3=CCCC=C3)C3=C(CCC=C3)c3cc(N(c4ccccc4)c4ccccc4-c4cccc(C56C=CC7C(c8ccccc8N7c7cc(C8=CCCC=C8)cc(-c8ccccc8)c7)C5C6)c4)ccc32)C=C1. The Kier molecular flexibility index (Phi) is 10.9. The molecule has 6 atom stereocenters. The van der Waals surface area contributed by atoms with Crippen LogP contribution in [0.3, 0.4) is 0 Å². The zero-order chi connectivity index (χ0) is 50.2. The predicted octanol–water partition coefficient (Wildman–Crippen LogP) is 19.1. The van der Waals surface area contributed by atoms with E-state index in [-0.39, 0.29) is 16.9 Å². The van der Waals surface area contributed by atoms with E-state index in [0.717, 1.165) is 57.1 Å². The molecule has 2 nitrogen and oxygen atoms in total. The highest BCUT2D eigenvalue weighted by Crippen LogP contribution is 2.69. The Balaban J connectivity index is 0.814. The minimum Gasteiger partial charge on any atom is -0.334 e. The molecule has 0 saturated heterocycles. The molecule has 1 saturated carbocycles. The highest BCUT2D eigenvalue weighted by Gasteiger charge is 2.63. The van der Waals surface area contributed by atoms with Gasteiger partial charge >= 0.3 is 0 Å². The largest absolute Gasteiger partial charge is 0.334 e. The van der Waals surface area contributed by atoms with Crippen LogP contribution < -0.4 is 9.80 Å². The van der Waals surface area contributed by atoms with Crippen LogP contribution in [-0.4, -0.2) is 6.04 Å². The van der Waals surface area contributed by atoms with Crippen LogP contribution in [0, 0.1) is 11.8 Å². The van der Waals surface area contributed by atoms with Crippen LogP contribution in [-0.2, 0) is 10.8 Å². The van der Waals surface area contributed by atoms with Crippen molar-refractivity contribution in [3.63, 3.8) is 0 Å². The molecule has 15 rings (SSSR count). The summed E-state index contributed by atoms with van der Waals surface area (Å²) in [5.74, 6) is 1.22. The van der Waals surface area contributed by atoms with Crippen molar-refractivity contribution < 1.29 is 0 Å². The van der Waals surface area contributed by atoms with Crippen LogP contribution >= 0.6 is 0 Å². The lowest BCUT2D eigenvalue weighted by Gasteiger charge is -2.42. The molecule has 0 aromatic heterocycles. The van der Waals surface area contributed by atoms with Gasteiger partial charge in [-0.2, -0.15) is 0 Å². The fourth-order valence-corrected chi connectivity index (χ4v) is 15.0. The lowest BCUT2D eigenvalue weighted by atomic mass is 9.60. The molecular weight excluding hydrogens is 917 g/mol. The highest BCUT2D eigenvalue weighted by atomic mass is 15.2. The van der Waals surface area contributed by atoms with Gasteiger partial charge in [-0.05, 0) is 185 Å². The molecule has 76 heavy (non-hydrogen) atoms. The first-order chi connectivity index (χ1) is 37.7. The zero-order valence-electron chi connectivity index (χ0n) is 43.1. The van der Waals surface area contributed by atoms with Gasteiger partial charge in [0.15, 0.2) is 0 Å². The van der Waals surface area contributed by atoms with Gasteiger partial charge in [-0.15, -0.1) is 0 Å². The van der Waals surface area contributed by atoms with Crippen LogP contribution in [0.15, 0.2) is 266 Å². The maximum absolute atomic E-state index is 2.67. The Labute approximate surface area is 449 Å². The quantitative estimate of drug-likeness (QED) is 0.126. The van der Waals surface area contributed by atoms with Gasteiger partial charge in [0.2, 0.25) is 0 Å². The smallest absolute Gasteiger partial charge is 0.0595 e. The summed E-state index contributed by atoms with van der Waals surface area (Å²) >= 11 is 0. The first-order valence-corrected chi connectivity index (χ1v) is 28.1. The van der Waals surface area contributed by atoms with Crippen molar-refractivity contribution in [2.24, 2.45) is 11.8 Å². The minimum absolute atomic E-state index is 0.0261. The summed E-state index contributed by atoms with van der Waals surface area (Å²) in [7, 11) is 0. The molecule has 368 valence electrons. The lowest BCUT2D eigenvalue weighted by Crippen LogP contribution is -2.37. The highest BCUT2D eigenvalue weighted by molar-refractivity contribution is 5.93. The predicted molar refractivity (Wildman–Crippen MR) is 319 cm³/mol. The molecular formula is C74H62N2. The number of hydrogen-bond acceptors (Lipinski definition) is 2. The molecule has 7 aromatic rings. The van der Waals surface area contributed by atoms with E-state index in [4.69, 9.17) is 0 Å². The number of para-hydroxylation sites is 3. The molecule has 0 bridgehead atoms. The monoisotopic (exact) mass is 978 g/mol. The fraction of sp³-hybridized carbons (Fsp3) is 0.189. The Morgan fingerprint density at radius 3 is 2.17 bits per heavy atom. The van der Waals surface area contributed by atoms with Gasteiger partial charge in [-0.1, -0.05) is 200 Å². The van der Waals surface area contributed by atoms with Crippen LogP contribution in [0.1, 0.15) is 85.1 Å². The van der Waals surface area contributed by atoms with Crippen LogP contribution in [0.25, 0.3) is 33.4 Å². The Morgan fingerprint density at radius 1 is 0.539 bits per heavy atom. The van der Waals surface area contributed by atoms with Gasteiger partial charge in [0.05, 0.1) is 17.1 Å². The third kappa shape index (κ3) is 7.13. The minimum atomic E-state index is -0.220. The second-order valence-electron chi connectivity index (χ2n) is 22.4.